The summed E-state index contributed by atoms with van der Waals surface area (Å²) < 4.78 is 0. The molecule has 16 heavy (non-hydrogen) atoms. The Morgan fingerprint density at radius 1 is 1.56 bits per heavy atom. The third kappa shape index (κ3) is 2.07. The molecule has 1 heterocycles. The van der Waals surface area contributed by atoms with Crippen molar-refractivity contribution in [2.75, 3.05) is 7.05 Å². The van der Waals surface area contributed by atoms with E-state index < -0.39 is 11.5 Å². The average Bonchev–Trinajstić information content (AvgIpc) is 2.27. The van der Waals surface area contributed by atoms with E-state index >= 15 is 0 Å². The smallest absolute Gasteiger partial charge is 0.328 e. The molecule has 0 aromatic carbocycles. The van der Waals surface area contributed by atoms with Gasteiger partial charge in [-0.1, -0.05) is 6.07 Å². The first-order chi connectivity index (χ1) is 7.40. The highest BCUT2D eigenvalue weighted by atomic mass is 16.4. The van der Waals surface area contributed by atoms with Gasteiger partial charge in [0.05, 0.1) is 0 Å². The first-order valence-electron chi connectivity index (χ1n) is 5.27. The van der Waals surface area contributed by atoms with Crippen molar-refractivity contribution in [1.29, 1.82) is 0 Å². The van der Waals surface area contributed by atoms with Gasteiger partial charge in [0.2, 0.25) is 0 Å². The third-order valence-electron chi connectivity index (χ3n) is 3.12. The summed E-state index contributed by atoms with van der Waals surface area (Å²) in [6.45, 7) is 5.64. The molecule has 1 rings (SSSR count). The van der Waals surface area contributed by atoms with Crippen molar-refractivity contribution in [2.45, 2.75) is 32.4 Å². The Kier molecular flexibility index (Phi) is 3.65. The topological polar surface area (TPSA) is 53.4 Å². The number of aliphatic carboxylic acids is 1. The number of carboxylic acids is 1. The van der Waals surface area contributed by atoms with Crippen molar-refractivity contribution in [3.05, 3.63) is 30.1 Å². The van der Waals surface area contributed by atoms with E-state index in [1.54, 1.807) is 31.5 Å². The third-order valence-corrected chi connectivity index (χ3v) is 3.12. The number of hydrogen-bond acceptors (Lipinski definition) is 3. The molecule has 0 saturated heterocycles. The fourth-order valence-corrected chi connectivity index (χ4v) is 1.65. The second-order valence-electron chi connectivity index (χ2n) is 4.32. The molecule has 1 unspecified atom stereocenters. The van der Waals surface area contributed by atoms with Crippen molar-refractivity contribution in [1.82, 2.24) is 9.88 Å². The van der Waals surface area contributed by atoms with Crippen LogP contribution in [0.15, 0.2) is 24.5 Å². The van der Waals surface area contributed by atoms with E-state index in [1.165, 1.54) is 0 Å². The minimum atomic E-state index is -1.04. The zero-order valence-electron chi connectivity index (χ0n) is 10.1. The summed E-state index contributed by atoms with van der Waals surface area (Å²) >= 11 is 0. The predicted octanol–water partition coefficient (Wildman–Crippen LogP) is 1.72. The average molecular weight is 222 g/mol. The van der Waals surface area contributed by atoms with Gasteiger partial charge >= 0.3 is 5.97 Å². The highest BCUT2D eigenvalue weighted by molar-refractivity contribution is 5.80. The zero-order chi connectivity index (χ0) is 12.3. The van der Waals surface area contributed by atoms with E-state index in [-0.39, 0.29) is 6.04 Å². The molecule has 0 saturated carbocycles. The molecular weight excluding hydrogens is 204 g/mol. The molecule has 0 spiro atoms. The maximum absolute atomic E-state index is 11.5. The molecule has 1 aromatic heterocycles. The van der Waals surface area contributed by atoms with Crippen LogP contribution in [0, 0.1) is 0 Å². The normalized spacial score (nSPS) is 15.1. The number of rotatable bonds is 4. The lowest BCUT2D eigenvalue weighted by molar-refractivity contribution is -0.151. The summed E-state index contributed by atoms with van der Waals surface area (Å²) in [6, 6.07) is 3.69. The van der Waals surface area contributed by atoms with Gasteiger partial charge < -0.3 is 5.11 Å². The number of likely N-dealkylation sites (N-methyl/N-ethyl adjacent to an activating group) is 1. The van der Waals surface area contributed by atoms with Crippen LogP contribution in [0.2, 0.25) is 0 Å². The minimum absolute atomic E-state index is 0.140. The summed E-state index contributed by atoms with van der Waals surface area (Å²) in [5.74, 6) is -0.864. The van der Waals surface area contributed by atoms with E-state index in [0.717, 1.165) is 0 Å². The van der Waals surface area contributed by atoms with Crippen molar-refractivity contribution < 1.29 is 9.90 Å². The Labute approximate surface area is 95.9 Å². The molecule has 1 atom stereocenters. The summed E-state index contributed by atoms with van der Waals surface area (Å²) in [7, 11) is 1.81. The molecule has 0 bridgehead atoms. The number of carboxylic acid groups (broad SMARTS) is 1. The number of hydrogen-bond donors (Lipinski definition) is 1. The highest BCUT2D eigenvalue weighted by Gasteiger charge is 2.40. The van der Waals surface area contributed by atoms with Gasteiger partial charge in [-0.15, -0.1) is 0 Å². The highest BCUT2D eigenvalue weighted by Crippen LogP contribution is 2.28. The SMILES string of the molecule is CC(C)N(C)C(C)(C(=O)O)c1cccnc1. The van der Waals surface area contributed by atoms with Gasteiger partial charge in [0.25, 0.3) is 0 Å². The molecule has 0 aliphatic heterocycles. The summed E-state index contributed by atoms with van der Waals surface area (Å²) in [6.07, 6.45) is 3.24. The molecule has 0 fully saturated rings. The Hall–Kier alpha value is -1.42. The number of nitrogens with zero attached hydrogens (tertiary/aromatic N) is 2. The van der Waals surface area contributed by atoms with Crippen LogP contribution in [0.1, 0.15) is 26.3 Å². The van der Waals surface area contributed by atoms with E-state index in [1.807, 2.05) is 25.8 Å². The second kappa shape index (κ2) is 4.61. The largest absolute Gasteiger partial charge is 0.480 e. The van der Waals surface area contributed by atoms with Crippen LogP contribution in [0.4, 0.5) is 0 Å². The summed E-state index contributed by atoms with van der Waals surface area (Å²) in [4.78, 5) is 17.3. The molecule has 4 nitrogen and oxygen atoms in total. The monoisotopic (exact) mass is 222 g/mol. The Bertz CT molecular complexity index is 365. The summed E-state index contributed by atoms with van der Waals surface area (Å²) in [5.41, 5.74) is -0.346. The van der Waals surface area contributed by atoms with Gasteiger partial charge in [-0.3, -0.25) is 9.88 Å². The van der Waals surface area contributed by atoms with Crippen LogP contribution in [0.25, 0.3) is 0 Å². The van der Waals surface area contributed by atoms with E-state index in [0.29, 0.717) is 5.56 Å². The number of aromatic nitrogens is 1. The van der Waals surface area contributed by atoms with Gasteiger partial charge in [-0.05, 0) is 33.9 Å². The zero-order valence-corrected chi connectivity index (χ0v) is 10.1. The lowest BCUT2D eigenvalue weighted by Crippen LogP contribution is -2.50. The minimum Gasteiger partial charge on any atom is -0.480 e. The lowest BCUT2D eigenvalue weighted by atomic mass is 9.91. The first kappa shape index (κ1) is 12.6. The summed E-state index contributed by atoms with van der Waals surface area (Å²) in [5, 5.41) is 9.44. The van der Waals surface area contributed by atoms with Crippen molar-refractivity contribution in [3.8, 4) is 0 Å². The molecule has 0 aliphatic rings. The van der Waals surface area contributed by atoms with Crippen molar-refractivity contribution in [2.24, 2.45) is 0 Å². The second-order valence-corrected chi connectivity index (χ2v) is 4.32. The van der Waals surface area contributed by atoms with Crippen LogP contribution in [-0.2, 0) is 10.3 Å². The number of carbonyl (C=O) groups is 1. The maximum atomic E-state index is 11.5. The van der Waals surface area contributed by atoms with Crippen molar-refractivity contribution >= 4 is 5.97 Å². The quantitative estimate of drug-likeness (QED) is 0.842. The molecule has 1 aromatic rings. The predicted molar refractivity (Wildman–Crippen MR) is 62.1 cm³/mol. The van der Waals surface area contributed by atoms with Gasteiger partial charge in [-0.2, -0.15) is 0 Å². The van der Waals surface area contributed by atoms with E-state index in [4.69, 9.17) is 0 Å². The fraction of sp³-hybridized carbons (Fsp3) is 0.500. The maximum Gasteiger partial charge on any atom is 0.328 e. The van der Waals surface area contributed by atoms with E-state index in [2.05, 4.69) is 4.98 Å². The first-order valence-corrected chi connectivity index (χ1v) is 5.27. The standard InChI is InChI=1S/C12H18N2O2/c1-9(2)14(4)12(3,11(15)16)10-6-5-7-13-8-10/h5-9H,1-4H3,(H,15,16). The molecule has 88 valence electrons. The van der Waals surface area contributed by atoms with Crippen LogP contribution in [0.5, 0.6) is 0 Å². The molecular formula is C12H18N2O2. The molecule has 0 aliphatic carbocycles. The number of pyridine rings is 1. The Morgan fingerprint density at radius 2 is 2.19 bits per heavy atom. The molecule has 1 N–H and O–H groups in total. The van der Waals surface area contributed by atoms with E-state index in [9.17, 15) is 9.90 Å². The molecule has 0 amide bonds. The van der Waals surface area contributed by atoms with Crippen LogP contribution in [0.3, 0.4) is 0 Å². The molecule has 0 radical (unpaired) electrons. The van der Waals surface area contributed by atoms with Crippen LogP contribution < -0.4 is 0 Å². The Balaban J connectivity index is 3.22. The fourth-order valence-electron chi connectivity index (χ4n) is 1.65. The van der Waals surface area contributed by atoms with Crippen molar-refractivity contribution in [3.63, 3.8) is 0 Å². The van der Waals surface area contributed by atoms with Gasteiger partial charge in [0.15, 0.2) is 0 Å². The van der Waals surface area contributed by atoms with Gasteiger partial charge in [-0.25, -0.2) is 4.79 Å². The van der Waals surface area contributed by atoms with Crippen LogP contribution in [-0.4, -0.2) is 34.0 Å². The lowest BCUT2D eigenvalue weighted by Gasteiger charge is -2.37. The van der Waals surface area contributed by atoms with Gasteiger partial charge in [0, 0.05) is 24.0 Å². The Morgan fingerprint density at radius 3 is 2.56 bits per heavy atom. The molecule has 4 heteroatoms. The van der Waals surface area contributed by atoms with Crippen LogP contribution >= 0.6 is 0 Å². The van der Waals surface area contributed by atoms with Gasteiger partial charge in [0.1, 0.15) is 5.54 Å².